The van der Waals surface area contributed by atoms with E-state index in [0.29, 0.717) is 18.5 Å². The number of hydrogen-bond acceptors (Lipinski definition) is 6. The lowest BCUT2D eigenvalue weighted by molar-refractivity contribution is -0.142. The number of nitrogens with two attached hydrogens (primary N) is 1. The quantitative estimate of drug-likeness (QED) is 0.611. The maximum atomic E-state index is 11.7. The van der Waals surface area contributed by atoms with Crippen molar-refractivity contribution in [1.29, 1.82) is 0 Å². The molecule has 21 heavy (non-hydrogen) atoms. The fourth-order valence-electron chi connectivity index (χ4n) is 1.96. The minimum absolute atomic E-state index is 0.344. The van der Waals surface area contributed by atoms with E-state index in [1.807, 2.05) is 18.2 Å². The first-order valence-corrected chi connectivity index (χ1v) is 7.78. The molecule has 1 heterocycles. The molecule has 0 aliphatic carbocycles. The maximum absolute atomic E-state index is 11.7. The first-order chi connectivity index (χ1) is 10.1. The average Bonchev–Trinajstić information content (AvgIpc) is 2.81. The van der Waals surface area contributed by atoms with Crippen molar-refractivity contribution in [2.24, 2.45) is 5.73 Å². The van der Waals surface area contributed by atoms with Gasteiger partial charge in [0.1, 0.15) is 6.04 Å². The molecule has 114 valence electrons. The topological polar surface area (TPSA) is 87.5 Å². The van der Waals surface area contributed by atoms with Crippen LogP contribution < -0.4 is 11.5 Å². The van der Waals surface area contributed by atoms with E-state index in [-0.39, 0.29) is 5.76 Å². The molecule has 0 aliphatic heterocycles. The van der Waals surface area contributed by atoms with Gasteiger partial charge in [0.25, 0.3) is 0 Å². The highest BCUT2D eigenvalue weighted by Gasteiger charge is 2.13. The predicted molar refractivity (Wildman–Crippen MR) is 82.4 cm³/mol. The molecular formula is C14H18N2O4S. The molecule has 0 saturated carbocycles. The number of carbonyl (C=O) groups excluding carboxylic acids is 1. The molecule has 0 spiro atoms. The molecule has 1 aromatic heterocycles. The Bertz CT molecular complexity index is 664. The number of carbonyl (C=O) groups is 1. The van der Waals surface area contributed by atoms with E-state index in [0.717, 1.165) is 17.0 Å². The third kappa shape index (κ3) is 3.89. The van der Waals surface area contributed by atoms with Gasteiger partial charge in [-0.25, -0.2) is 4.79 Å². The SMILES string of the molecule is COC(=O)C(N)CCSCCn1c(=O)oc2ccccc21. The van der Waals surface area contributed by atoms with Crippen LogP contribution in [0.25, 0.3) is 11.1 Å². The van der Waals surface area contributed by atoms with E-state index in [2.05, 4.69) is 4.74 Å². The van der Waals surface area contributed by atoms with Gasteiger partial charge in [-0.15, -0.1) is 0 Å². The Hall–Kier alpha value is -1.73. The highest BCUT2D eigenvalue weighted by atomic mass is 32.2. The maximum Gasteiger partial charge on any atom is 0.419 e. The number of aromatic nitrogens is 1. The molecule has 2 N–H and O–H groups in total. The summed E-state index contributed by atoms with van der Waals surface area (Å²) >= 11 is 1.64. The molecule has 2 rings (SSSR count). The fraction of sp³-hybridized carbons (Fsp3) is 0.429. The van der Waals surface area contributed by atoms with Crippen molar-refractivity contribution in [3.63, 3.8) is 0 Å². The molecule has 2 aromatic rings. The largest absolute Gasteiger partial charge is 0.468 e. The summed E-state index contributed by atoms with van der Waals surface area (Å²) in [5.41, 5.74) is 7.04. The van der Waals surface area contributed by atoms with Crippen molar-refractivity contribution in [1.82, 2.24) is 4.57 Å². The van der Waals surface area contributed by atoms with Gasteiger partial charge in [-0.05, 0) is 24.3 Å². The molecule has 7 heteroatoms. The summed E-state index contributed by atoms with van der Waals surface area (Å²) in [5.74, 6) is 0.744. The standard InChI is InChI=1S/C14H18N2O4S/c1-19-13(17)10(15)6-8-21-9-7-16-11-4-2-3-5-12(11)20-14(16)18/h2-5,10H,6-9,15H2,1H3. The van der Waals surface area contributed by atoms with Crippen LogP contribution in [-0.4, -0.2) is 35.2 Å². The number of aryl methyl sites for hydroxylation is 1. The van der Waals surface area contributed by atoms with Crippen LogP contribution >= 0.6 is 11.8 Å². The highest BCUT2D eigenvalue weighted by molar-refractivity contribution is 7.99. The number of hydrogen-bond donors (Lipinski definition) is 1. The van der Waals surface area contributed by atoms with Crippen molar-refractivity contribution < 1.29 is 13.9 Å². The summed E-state index contributed by atoms with van der Waals surface area (Å²) in [6, 6.07) is 6.75. The number of nitrogens with zero attached hydrogens (tertiary/aromatic N) is 1. The summed E-state index contributed by atoms with van der Waals surface area (Å²) < 4.78 is 11.3. The number of ether oxygens (including phenoxy) is 1. The zero-order chi connectivity index (χ0) is 15.2. The predicted octanol–water partition coefficient (Wildman–Crippen LogP) is 1.22. The monoisotopic (exact) mass is 310 g/mol. The number of fused-ring (bicyclic) bond motifs is 1. The Balaban J connectivity index is 1.82. The summed E-state index contributed by atoms with van der Waals surface area (Å²) in [7, 11) is 1.33. The van der Waals surface area contributed by atoms with Gasteiger partial charge < -0.3 is 14.9 Å². The summed E-state index contributed by atoms with van der Waals surface area (Å²) in [4.78, 5) is 22.9. The van der Waals surface area contributed by atoms with E-state index in [1.165, 1.54) is 7.11 Å². The van der Waals surface area contributed by atoms with Crippen LogP contribution in [0, 0.1) is 0 Å². The van der Waals surface area contributed by atoms with Crippen molar-refractivity contribution in [3.8, 4) is 0 Å². The van der Waals surface area contributed by atoms with Crippen LogP contribution in [0.1, 0.15) is 6.42 Å². The van der Waals surface area contributed by atoms with Crippen LogP contribution in [0.2, 0.25) is 0 Å². The number of rotatable bonds is 7. The first-order valence-electron chi connectivity index (χ1n) is 6.63. The normalized spacial score (nSPS) is 12.5. The van der Waals surface area contributed by atoms with Crippen molar-refractivity contribution in [2.45, 2.75) is 19.0 Å². The van der Waals surface area contributed by atoms with E-state index < -0.39 is 12.0 Å². The molecule has 1 unspecified atom stereocenters. The molecule has 0 fully saturated rings. The zero-order valence-corrected chi connectivity index (χ0v) is 12.6. The Morgan fingerprint density at radius 1 is 1.43 bits per heavy atom. The van der Waals surface area contributed by atoms with E-state index in [9.17, 15) is 9.59 Å². The smallest absolute Gasteiger partial charge is 0.419 e. The Kier molecular flexibility index (Phi) is 5.46. The van der Waals surface area contributed by atoms with Gasteiger partial charge in [0.15, 0.2) is 5.58 Å². The minimum Gasteiger partial charge on any atom is -0.468 e. The lowest BCUT2D eigenvalue weighted by Gasteiger charge is -2.08. The van der Waals surface area contributed by atoms with Gasteiger partial charge in [0.05, 0.1) is 12.6 Å². The second-order valence-electron chi connectivity index (χ2n) is 4.52. The molecule has 6 nitrogen and oxygen atoms in total. The summed E-state index contributed by atoms with van der Waals surface area (Å²) in [6.07, 6.45) is 0.554. The lowest BCUT2D eigenvalue weighted by atomic mass is 10.2. The second kappa shape index (κ2) is 7.33. The molecule has 0 saturated heterocycles. The van der Waals surface area contributed by atoms with Crippen LogP contribution in [0.5, 0.6) is 0 Å². The van der Waals surface area contributed by atoms with Crippen LogP contribution in [0.4, 0.5) is 0 Å². The molecule has 0 amide bonds. The van der Waals surface area contributed by atoms with Crippen LogP contribution in [0.15, 0.2) is 33.5 Å². The Labute approximate surface area is 126 Å². The van der Waals surface area contributed by atoms with Gasteiger partial charge >= 0.3 is 11.7 Å². The number of para-hydroxylation sites is 2. The van der Waals surface area contributed by atoms with E-state index >= 15 is 0 Å². The van der Waals surface area contributed by atoms with Crippen molar-refractivity contribution >= 4 is 28.8 Å². The number of methoxy groups -OCH3 is 1. The van der Waals surface area contributed by atoms with Crippen LogP contribution in [-0.2, 0) is 16.1 Å². The van der Waals surface area contributed by atoms with Gasteiger partial charge in [0, 0.05) is 12.3 Å². The molecule has 0 bridgehead atoms. The number of oxazole rings is 1. The number of benzene rings is 1. The van der Waals surface area contributed by atoms with Gasteiger partial charge in [-0.1, -0.05) is 12.1 Å². The molecule has 1 aromatic carbocycles. The van der Waals surface area contributed by atoms with Gasteiger partial charge in [0.2, 0.25) is 0 Å². The average molecular weight is 310 g/mol. The number of thioether (sulfide) groups is 1. The third-order valence-corrected chi connectivity index (χ3v) is 4.11. The fourth-order valence-corrected chi connectivity index (χ4v) is 2.90. The molecule has 0 aliphatic rings. The van der Waals surface area contributed by atoms with Gasteiger partial charge in [-0.3, -0.25) is 9.36 Å². The van der Waals surface area contributed by atoms with Crippen molar-refractivity contribution in [3.05, 3.63) is 34.8 Å². The van der Waals surface area contributed by atoms with Gasteiger partial charge in [-0.2, -0.15) is 11.8 Å². The lowest BCUT2D eigenvalue weighted by Crippen LogP contribution is -2.32. The molecule has 1 atom stereocenters. The first kappa shape index (κ1) is 15.7. The van der Waals surface area contributed by atoms with Crippen molar-refractivity contribution in [2.75, 3.05) is 18.6 Å². The Morgan fingerprint density at radius 2 is 2.19 bits per heavy atom. The third-order valence-electron chi connectivity index (χ3n) is 3.11. The van der Waals surface area contributed by atoms with E-state index in [1.54, 1.807) is 22.4 Å². The van der Waals surface area contributed by atoms with E-state index in [4.69, 9.17) is 10.2 Å². The zero-order valence-electron chi connectivity index (χ0n) is 11.8. The summed E-state index contributed by atoms with van der Waals surface area (Å²) in [5, 5.41) is 0. The number of esters is 1. The van der Waals surface area contributed by atoms with Crippen LogP contribution in [0.3, 0.4) is 0 Å². The molecular weight excluding hydrogens is 292 g/mol. The Morgan fingerprint density at radius 3 is 2.95 bits per heavy atom. The summed E-state index contributed by atoms with van der Waals surface area (Å²) in [6.45, 7) is 0.563. The minimum atomic E-state index is -0.583. The highest BCUT2D eigenvalue weighted by Crippen LogP contribution is 2.13. The molecule has 0 radical (unpaired) electrons. The second-order valence-corrected chi connectivity index (χ2v) is 5.74.